The largest absolute Gasteiger partial charge is 1.00 e. The molecule has 0 aliphatic rings. The van der Waals surface area contributed by atoms with Crippen molar-refractivity contribution in [1.82, 2.24) is 0 Å². The van der Waals surface area contributed by atoms with E-state index < -0.39 is 0 Å². The van der Waals surface area contributed by atoms with Gasteiger partial charge < -0.3 is 1.43 Å². The molecule has 0 amide bonds. The molecule has 0 radical (unpaired) electrons. The van der Waals surface area contributed by atoms with Crippen LogP contribution in [-0.4, -0.2) is 4.86 Å². The molecule has 0 N–H and O–H groups in total. The Morgan fingerprint density at radius 1 is 1.83 bits per heavy atom. The average Bonchev–Trinajstić information content (AvgIpc) is 1.38. The molecule has 32 valence electrons. The Kier molecular flexibility index (Phi) is 12.0. The maximum Gasteiger partial charge on any atom is 1.00 e. The fourth-order valence-electron chi connectivity index (χ4n) is 0. The zero-order valence-electron chi connectivity index (χ0n) is 5.62. The van der Waals surface area contributed by atoms with E-state index in [0.29, 0.717) is 0 Å². The molecule has 0 aromatic heterocycles. The molecule has 0 unspecified atom stereocenters. The molecule has 6 heavy (non-hydrogen) atoms. The molecule has 0 aliphatic carbocycles. The zero-order valence-corrected chi connectivity index (χ0v) is 8.55. The summed E-state index contributed by atoms with van der Waals surface area (Å²) in [6.45, 7) is 4.01. The van der Waals surface area contributed by atoms with Crippen LogP contribution in [-0.2, 0) is 0 Å². The third-order valence-corrected chi connectivity index (χ3v) is 0.787. The SMILES string of the molecule is CCC(C)=S.[H-].[K+]. The minimum atomic E-state index is 0. The Balaban J connectivity index is -0.0000000800. The summed E-state index contributed by atoms with van der Waals surface area (Å²) in [7, 11) is 0. The van der Waals surface area contributed by atoms with E-state index in [1.807, 2.05) is 6.92 Å². The van der Waals surface area contributed by atoms with E-state index in [9.17, 15) is 0 Å². The molecular formula is C4H9KS. The molecule has 2 heteroatoms. The van der Waals surface area contributed by atoms with E-state index in [0.717, 1.165) is 11.3 Å². The van der Waals surface area contributed by atoms with Crippen LogP contribution >= 0.6 is 12.2 Å². The predicted molar refractivity (Wildman–Crippen MR) is 29.7 cm³/mol. The molecule has 0 spiro atoms. The summed E-state index contributed by atoms with van der Waals surface area (Å²) >= 11 is 4.70. The van der Waals surface area contributed by atoms with Gasteiger partial charge in [0.25, 0.3) is 0 Å². The van der Waals surface area contributed by atoms with Crippen LogP contribution in [0.15, 0.2) is 0 Å². The molecule has 0 aromatic carbocycles. The van der Waals surface area contributed by atoms with Crippen LogP contribution < -0.4 is 51.4 Å². The van der Waals surface area contributed by atoms with Gasteiger partial charge in [-0.25, -0.2) is 0 Å². The van der Waals surface area contributed by atoms with Gasteiger partial charge in [-0.05, 0) is 18.2 Å². The number of hydrogen-bond acceptors (Lipinski definition) is 1. The van der Waals surface area contributed by atoms with Crippen LogP contribution in [0.3, 0.4) is 0 Å². The molecule has 0 saturated carbocycles. The maximum absolute atomic E-state index is 4.70. The van der Waals surface area contributed by atoms with Gasteiger partial charge in [-0.15, -0.1) is 0 Å². The smallest absolute Gasteiger partial charge is 1.00 e. The Morgan fingerprint density at radius 3 is 2.00 bits per heavy atom. The summed E-state index contributed by atoms with van der Waals surface area (Å²) in [5.41, 5.74) is 0. The molecule has 0 fully saturated rings. The summed E-state index contributed by atoms with van der Waals surface area (Å²) in [5.74, 6) is 0. The van der Waals surface area contributed by atoms with Crippen molar-refractivity contribution in [2.75, 3.05) is 0 Å². The Labute approximate surface area is 88.6 Å². The zero-order chi connectivity index (χ0) is 4.28. The van der Waals surface area contributed by atoms with Gasteiger partial charge in [0.05, 0.1) is 0 Å². The van der Waals surface area contributed by atoms with Gasteiger partial charge in [-0.2, -0.15) is 0 Å². The van der Waals surface area contributed by atoms with Crippen LogP contribution in [0.5, 0.6) is 0 Å². The second kappa shape index (κ2) is 6.73. The van der Waals surface area contributed by atoms with Gasteiger partial charge in [-0.1, -0.05) is 19.1 Å². The fraction of sp³-hybridized carbons (Fsp3) is 0.750. The first-order valence-corrected chi connectivity index (χ1v) is 2.17. The van der Waals surface area contributed by atoms with Crippen LogP contribution in [0.1, 0.15) is 21.7 Å². The number of thiocarbonyl (C=S) groups is 1. The van der Waals surface area contributed by atoms with Crippen molar-refractivity contribution in [2.24, 2.45) is 0 Å². The maximum atomic E-state index is 4.70. The molecule has 0 atom stereocenters. The number of hydrogen-bond donors (Lipinski definition) is 0. The number of rotatable bonds is 1. The van der Waals surface area contributed by atoms with Crippen LogP contribution in [0.2, 0.25) is 0 Å². The minimum absolute atomic E-state index is 0. The van der Waals surface area contributed by atoms with Crippen molar-refractivity contribution in [2.45, 2.75) is 20.3 Å². The van der Waals surface area contributed by atoms with Crippen LogP contribution in [0.4, 0.5) is 0 Å². The molecule has 0 bridgehead atoms. The predicted octanol–water partition coefficient (Wildman–Crippen LogP) is -1.10. The van der Waals surface area contributed by atoms with Gasteiger partial charge in [0.2, 0.25) is 0 Å². The van der Waals surface area contributed by atoms with Gasteiger partial charge in [-0.3, -0.25) is 0 Å². The van der Waals surface area contributed by atoms with Crippen molar-refractivity contribution in [3.63, 3.8) is 0 Å². The summed E-state index contributed by atoms with van der Waals surface area (Å²) in [5, 5.41) is 0. The molecule has 0 rings (SSSR count). The molecule has 0 saturated heterocycles. The van der Waals surface area contributed by atoms with Gasteiger partial charge in [0.15, 0.2) is 0 Å². The van der Waals surface area contributed by atoms with E-state index in [2.05, 4.69) is 6.92 Å². The van der Waals surface area contributed by atoms with Gasteiger partial charge >= 0.3 is 51.4 Å². The third kappa shape index (κ3) is 9.21. The van der Waals surface area contributed by atoms with Crippen molar-refractivity contribution in [1.29, 1.82) is 0 Å². The van der Waals surface area contributed by atoms with Crippen molar-refractivity contribution < 1.29 is 52.8 Å². The molecule has 0 aromatic rings. The first kappa shape index (κ1) is 10.7. The van der Waals surface area contributed by atoms with E-state index in [-0.39, 0.29) is 52.8 Å². The Morgan fingerprint density at radius 2 is 2.00 bits per heavy atom. The fourth-order valence-corrected chi connectivity index (χ4v) is 0. The summed E-state index contributed by atoms with van der Waals surface area (Å²) in [6.07, 6.45) is 1.04. The van der Waals surface area contributed by atoms with Crippen molar-refractivity contribution >= 4 is 17.1 Å². The monoisotopic (exact) mass is 128 g/mol. The third-order valence-electron chi connectivity index (χ3n) is 0.498. The van der Waals surface area contributed by atoms with E-state index in [1.165, 1.54) is 0 Å². The summed E-state index contributed by atoms with van der Waals surface area (Å²) < 4.78 is 0. The normalized spacial score (nSPS) is 6.33. The van der Waals surface area contributed by atoms with Gasteiger partial charge in [0.1, 0.15) is 0 Å². The van der Waals surface area contributed by atoms with Crippen LogP contribution in [0, 0.1) is 0 Å². The van der Waals surface area contributed by atoms with E-state index in [1.54, 1.807) is 0 Å². The van der Waals surface area contributed by atoms with Crippen LogP contribution in [0.25, 0.3) is 0 Å². The Hall–Kier alpha value is 1.73. The average molecular weight is 128 g/mol. The minimum Gasteiger partial charge on any atom is -1.00 e. The summed E-state index contributed by atoms with van der Waals surface area (Å²) in [6, 6.07) is 0. The first-order valence-electron chi connectivity index (χ1n) is 1.76. The molecular weight excluding hydrogens is 119 g/mol. The van der Waals surface area contributed by atoms with E-state index in [4.69, 9.17) is 12.2 Å². The standard InChI is InChI=1S/C4H8S.K.H/c1-3-4(2)5;;/h3H2,1-2H3;;/q;+1;-1. The second-order valence-corrected chi connectivity index (χ2v) is 1.75. The molecule has 0 aliphatic heterocycles. The quantitative estimate of drug-likeness (QED) is 0.319. The topological polar surface area (TPSA) is 0 Å². The van der Waals surface area contributed by atoms with Gasteiger partial charge in [0, 0.05) is 0 Å². The van der Waals surface area contributed by atoms with E-state index >= 15 is 0 Å². The summed E-state index contributed by atoms with van der Waals surface area (Å²) in [4.78, 5) is 1.09. The molecule has 0 nitrogen and oxygen atoms in total. The van der Waals surface area contributed by atoms with Crippen molar-refractivity contribution in [3.8, 4) is 0 Å². The Bertz CT molecular complexity index is 47.0. The van der Waals surface area contributed by atoms with Crippen molar-refractivity contribution in [3.05, 3.63) is 0 Å². The first-order chi connectivity index (χ1) is 2.27. The second-order valence-electron chi connectivity index (χ2n) is 1.06. The molecule has 0 heterocycles.